The van der Waals surface area contributed by atoms with Crippen LogP contribution in [0.15, 0.2) is 17.2 Å². The van der Waals surface area contributed by atoms with Gasteiger partial charge in [-0.1, -0.05) is 13.8 Å². The van der Waals surface area contributed by atoms with E-state index in [1.165, 1.54) is 0 Å². The molecule has 1 aliphatic heterocycles. The van der Waals surface area contributed by atoms with E-state index in [1.807, 2.05) is 0 Å². The summed E-state index contributed by atoms with van der Waals surface area (Å²) in [6, 6.07) is 0.799. The van der Waals surface area contributed by atoms with Gasteiger partial charge in [-0.15, -0.1) is 0 Å². The molecule has 0 bridgehead atoms. The predicted molar refractivity (Wildman–Crippen MR) is 68.4 cm³/mol. The van der Waals surface area contributed by atoms with Gasteiger partial charge in [0.25, 0.3) is 5.56 Å². The minimum absolute atomic E-state index is 0.0947. The smallest absolute Gasteiger partial charge is 0.290 e. The Morgan fingerprint density at radius 2 is 2.29 bits per heavy atom. The average Bonchev–Trinajstić information content (AvgIpc) is 2.38. The van der Waals surface area contributed by atoms with E-state index in [2.05, 4.69) is 34.0 Å². The number of rotatable bonds is 3. The van der Waals surface area contributed by atoms with Gasteiger partial charge in [-0.05, 0) is 12.8 Å². The van der Waals surface area contributed by atoms with Crippen LogP contribution in [0.5, 0.6) is 0 Å². The van der Waals surface area contributed by atoms with E-state index in [1.54, 1.807) is 12.4 Å². The first-order valence-corrected chi connectivity index (χ1v) is 6.30. The highest BCUT2D eigenvalue weighted by Crippen LogP contribution is 2.16. The number of nitrogens with one attached hydrogen (secondary N) is 2. The van der Waals surface area contributed by atoms with Crippen molar-refractivity contribution in [1.29, 1.82) is 0 Å². The summed E-state index contributed by atoms with van der Waals surface area (Å²) in [5.74, 6) is 0.555. The second kappa shape index (κ2) is 5.31. The molecule has 2 unspecified atom stereocenters. The topological polar surface area (TPSA) is 61.0 Å². The first-order chi connectivity index (χ1) is 8.26. The van der Waals surface area contributed by atoms with E-state index < -0.39 is 0 Å². The van der Waals surface area contributed by atoms with E-state index in [9.17, 15) is 4.79 Å². The summed E-state index contributed by atoms with van der Waals surface area (Å²) >= 11 is 0. The summed E-state index contributed by atoms with van der Waals surface area (Å²) in [5, 5.41) is 3.51. The molecular formula is C12H20N4O. The number of aromatic amines is 1. The standard InChI is InChI=1S/C12H20N4O/c1-3-9-8-16(10(4-2)7-15-9)11-12(17)14-6-5-13-11/h5-6,9-10,15H,3-4,7-8H2,1-2H3,(H,14,17). The zero-order valence-electron chi connectivity index (χ0n) is 10.4. The molecule has 5 nitrogen and oxygen atoms in total. The Labute approximate surface area is 101 Å². The Kier molecular flexibility index (Phi) is 3.78. The van der Waals surface area contributed by atoms with Gasteiger partial charge >= 0.3 is 0 Å². The van der Waals surface area contributed by atoms with Crippen LogP contribution in [0, 0.1) is 0 Å². The molecule has 1 aromatic rings. The van der Waals surface area contributed by atoms with Crippen molar-refractivity contribution in [3.63, 3.8) is 0 Å². The van der Waals surface area contributed by atoms with Gasteiger partial charge in [0.15, 0.2) is 5.82 Å². The molecule has 2 rings (SSSR count). The summed E-state index contributed by atoms with van der Waals surface area (Å²) in [6.07, 6.45) is 5.30. The third-order valence-corrected chi connectivity index (χ3v) is 3.42. The summed E-state index contributed by atoms with van der Waals surface area (Å²) < 4.78 is 0. The predicted octanol–water partition coefficient (Wildman–Crippen LogP) is 0.737. The van der Waals surface area contributed by atoms with Gasteiger partial charge in [-0.3, -0.25) is 4.79 Å². The summed E-state index contributed by atoms with van der Waals surface area (Å²) in [7, 11) is 0. The molecule has 0 aliphatic carbocycles. The Bertz CT molecular complexity index is 417. The molecule has 1 aromatic heterocycles. The molecule has 17 heavy (non-hydrogen) atoms. The highest BCUT2D eigenvalue weighted by Gasteiger charge is 2.28. The highest BCUT2D eigenvalue weighted by atomic mass is 16.1. The minimum Gasteiger partial charge on any atom is -0.346 e. The first-order valence-electron chi connectivity index (χ1n) is 6.30. The number of nitrogens with zero attached hydrogens (tertiary/aromatic N) is 2. The van der Waals surface area contributed by atoms with E-state index >= 15 is 0 Å². The van der Waals surface area contributed by atoms with Crippen LogP contribution in [-0.4, -0.2) is 35.1 Å². The lowest BCUT2D eigenvalue weighted by molar-refractivity contribution is 0.376. The summed E-state index contributed by atoms with van der Waals surface area (Å²) in [6.45, 7) is 6.08. The number of hydrogen-bond acceptors (Lipinski definition) is 4. The number of aromatic nitrogens is 2. The Hall–Kier alpha value is -1.36. The van der Waals surface area contributed by atoms with Crippen molar-refractivity contribution in [1.82, 2.24) is 15.3 Å². The van der Waals surface area contributed by atoms with Crippen molar-refractivity contribution in [3.05, 3.63) is 22.7 Å². The van der Waals surface area contributed by atoms with Crippen LogP contribution in [-0.2, 0) is 0 Å². The monoisotopic (exact) mass is 236 g/mol. The van der Waals surface area contributed by atoms with E-state index in [4.69, 9.17) is 0 Å². The van der Waals surface area contributed by atoms with Gasteiger partial charge in [-0.2, -0.15) is 0 Å². The van der Waals surface area contributed by atoms with Crippen molar-refractivity contribution in [3.8, 4) is 0 Å². The number of piperazine rings is 1. The summed E-state index contributed by atoms with van der Waals surface area (Å²) in [5.41, 5.74) is -0.0947. The molecule has 1 fully saturated rings. The number of anilines is 1. The molecule has 0 amide bonds. The van der Waals surface area contributed by atoms with Crippen molar-refractivity contribution in [2.45, 2.75) is 38.8 Å². The second-order valence-electron chi connectivity index (χ2n) is 4.47. The number of H-pyrrole nitrogens is 1. The molecule has 94 valence electrons. The lowest BCUT2D eigenvalue weighted by Crippen LogP contribution is -2.57. The molecule has 2 heterocycles. The molecule has 0 aromatic carbocycles. The maximum Gasteiger partial charge on any atom is 0.290 e. The maximum absolute atomic E-state index is 11.8. The van der Waals surface area contributed by atoms with Gasteiger partial charge < -0.3 is 15.2 Å². The molecule has 2 N–H and O–H groups in total. The van der Waals surface area contributed by atoms with Crippen LogP contribution in [0.3, 0.4) is 0 Å². The van der Waals surface area contributed by atoms with Gasteiger partial charge in [0, 0.05) is 37.6 Å². The van der Waals surface area contributed by atoms with Gasteiger partial charge in [0.2, 0.25) is 0 Å². The maximum atomic E-state index is 11.8. The zero-order valence-corrected chi connectivity index (χ0v) is 10.4. The lowest BCUT2D eigenvalue weighted by Gasteiger charge is -2.40. The quantitative estimate of drug-likeness (QED) is 0.812. The number of hydrogen-bond donors (Lipinski definition) is 2. The molecule has 1 aliphatic rings. The third kappa shape index (κ3) is 2.49. The third-order valence-electron chi connectivity index (χ3n) is 3.42. The lowest BCUT2D eigenvalue weighted by atomic mass is 10.1. The van der Waals surface area contributed by atoms with Crippen LogP contribution in [0.4, 0.5) is 5.82 Å². The van der Waals surface area contributed by atoms with Gasteiger partial charge in [0.05, 0.1) is 0 Å². The van der Waals surface area contributed by atoms with E-state index in [0.717, 1.165) is 25.9 Å². The fourth-order valence-electron chi connectivity index (χ4n) is 2.31. The first kappa shape index (κ1) is 12.1. The SMILES string of the molecule is CCC1CN(c2ncc[nH]c2=O)C(CC)CN1. The highest BCUT2D eigenvalue weighted by molar-refractivity contribution is 5.38. The second-order valence-corrected chi connectivity index (χ2v) is 4.47. The molecule has 1 saturated heterocycles. The van der Waals surface area contributed by atoms with Crippen LogP contribution < -0.4 is 15.8 Å². The molecule has 2 atom stereocenters. The van der Waals surface area contributed by atoms with E-state index in [0.29, 0.717) is 17.9 Å². The van der Waals surface area contributed by atoms with Crippen LogP contribution in [0.2, 0.25) is 0 Å². The van der Waals surface area contributed by atoms with E-state index in [-0.39, 0.29) is 5.56 Å². The van der Waals surface area contributed by atoms with Crippen molar-refractivity contribution in [2.24, 2.45) is 0 Å². The fraction of sp³-hybridized carbons (Fsp3) is 0.667. The Morgan fingerprint density at radius 3 is 2.94 bits per heavy atom. The minimum atomic E-state index is -0.0947. The van der Waals surface area contributed by atoms with Crippen molar-refractivity contribution < 1.29 is 0 Å². The van der Waals surface area contributed by atoms with Gasteiger partial charge in [0.1, 0.15) is 0 Å². The van der Waals surface area contributed by atoms with Crippen molar-refractivity contribution in [2.75, 3.05) is 18.0 Å². The summed E-state index contributed by atoms with van der Waals surface area (Å²) in [4.78, 5) is 20.9. The Morgan fingerprint density at radius 1 is 1.47 bits per heavy atom. The molecular weight excluding hydrogens is 216 g/mol. The largest absolute Gasteiger partial charge is 0.346 e. The molecule has 0 spiro atoms. The van der Waals surface area contributed by atoms with Crippen LogP contribution in [0.1, 0.15) is 26.7 Å². The molecule has 5 heteroatoms. The normalized spacial score (nSPS) is 24.9. The molecule has 0 saturated carbocycles. The zero-order chi connectivity index (χ0) is 12.3. The Balaban J connectivity index is 2.26. The molecule has 0 radical (unpaired) electrons. The van der Waals surface area contributed by atoms with Crippen LogP contribution >= 0.6 is 0 Å². The van der Waals surface area contributed by atoms with Crippen molar-refractivity contribution >= 4 is 5.82 Å². The average molecular weight is 236 g/mol. The van der Waals surface area contributed by atoms with Gasteiger partial charge in [-0.25, -0.2) is 4.98 Å². The van der Waals surface area contributed by atoms with Crippen LogP contribution in [0.25, 0.3) is 0 Å². The fourth-order valence-corrected chi connectivity index (χ4v) is 2.31.